The van der Waals surface area contributed by atoms with Gasteiger partial charge < -0.3 is 10.7 Å². The molecule has 0 heterocycles. The lowest BCUT2D eigenvalue weighted by Gasteiger charge is -2.13. The van der Waals surface area contributed by atoms with E-state index in [2.05, 4.69) is 18.8 Å². The van der Waals surface area contributed by atoms with E-state index in [9.17, 15) is 0 Å². The fourth-order valence-corrected chi connectivity index (χ4v) is 1.21. The van der Waals surface area contributed by atoms with Crippen LogP contribution in [0.5, 0.6) is 0 Å². The molecule has 0 aliphatic carbocycles. The molecule has 0 bridgehead atoms. The molecule has 0 rings (SSSR count). The van der Waals surface area contributed by atoms with Crippen molar-refractivity contribution in [2.45, 2.75) is 26.7 Å². The van der Waals surface area contributed by atoms with Crippen molar-refractivity contribution in [1.82, 2.24) is 0 Å². The van der Waals surface area contributed by atoms with E-state index in [-0.39, 0.29) is 0 Å². The van der Waals surface area contributed by atoms with Gasteiger partial charge in [0.25, 0.3) is 0 Å². The van der Waals surface area contributed by atoms with Crippen LogP contribution < -0.4 is 5.73 Å². The first-order valence-corrected chi connectivity index (χ1v) is 4.31. The second-order valence-corrected chi connectivity index (χ2v) is 3.41. The summed E-state index contributed by atoms with van der Waals surface area (Å²) in [5.74, 6) is 1.37. The highest BCUT2D eigenvalue weighted by atomic mass is 14.6. The molecule has 66 valence electrons. The minimum absolute atomic E-state index is 0.624. The molecule has 1 atom stereocenters. The van der Waals surface area contributed by atoms with E-state index >= 15 is 0 Å². The molecular formula is C9H20N2. The van der Waals surface area contributed by atoms with Crippen LogP contribution >= 0.6 is 0 Å². The fourth-order valence-electron chi connectivity index (χ4n) is 1.21. The number of nitrogens with zero attached hydrogens (tertiary/aromatic N) is 1. The molecule has 0 saturated carbocycles. The molecule has 2 nitrogen and oxygen atoms in total. The Labute approximate surface area is 69.9 Å². The first-order chi connectivity index (χ1) is 5.20. The molecule has 0 aliphatic rings. The van der Waals surface area contributed by atoms with Crippen LogP contribution in [0.4, 0.5) is 0 Å². The van der Waals surface area contributed by atoms with Crippen molar-refractivity contribution in [1.29, 1.82) is 0 Å². The molecule has 2 N–H and O–H groups in total. The number of nitrogens with two attached hydrogens (primary N) is 1. The summed E-state index contributed by atoms with van der Waals surface area (Å²) in [5, 5.41) is 0. The zero-order valence-corrected chi connectivity index (χ0v) is 7.88. The zero-order chi connectivity index (χ0) is 8.69. The summed E-state index contributed by atoms with van der Waals surface area (Å²) in [6.07, 6.45) is 4.20. The van der Waals surface area contributed by atoms with Crippen LogP contribution in [0.3, 0.4) is 0 Å². The van der Waals surface area contributed by atoms with Crippen LogP contribution in [0.2, 0.25) is 0 Å². The monoisotopic (exact) mass is 156 g/mol. The van der Waals surface area contributed by atoms with Crippen molar-refractivity contribution >= 4 is 6.21 Å². The van der Waals surface area contributed by atoms with Crippen molar-refractivity contribution in [3.05, 3.63) is 0 Å². The highest BCUT2D eigenvalue weighted by molar-refractivity contribution is 5.57. The van der Waals surface area contributed by atoms with Crippen LogP contribution in [-0.2, 0) is 0 Å². The van der Waals surface area contributed by atoms with Crippen molar-refractivity contribution in [3.8, 4) is 0 Å². The maximum atomic E-state index is 5.60. The Hall–Kier alpha value is -0.370. The lowest BCUT2D eigenvalue weighted by molar-refractivity contribution is 0.430. The van der Waals surface area contributed by atoms with E-state index in [0.717, 1.165) is 18.9 Å². The van der Waals surface area contributed by atoms with Gasteiger partial charge in [0, 0.05) is 7.05 Å². The van der Waals surface area contributed by atoms with Gasteiger partial charge >= 0.3 is 0 Å². The van der Waals surface area contributed by atoms with E-state index in [0.29, 0.717) is 5.92 Å². The normalized spacial score (nSPS) is 14.6. The van der Waals surface area contributed by atoms with Crippen LogP contribution in [0.25, 0.3) is 0 Å². The van der Waals surface area contributed by atoms with E-state index in [1.165, 1.54) is 6.42 Å². The SMILES string of the molecule is CN=CC[C@@H](CN)CC(C)C. The van der Waals surface area contributed by atoms with Gasteiger partial charge in [0.15, 0.2) is 0 Å². The third-order valence-corrected chi connectivity index (χ3v) is 1.76. The first-order valence-electron chi connectivity index (χ1n) is 4.31. The standard InChI is InChI=1S/C9H20N2/c1-8(2)6-9(7-10)4-5-11-3/h5,8-9H,4,6-7,10H2,1-3H3/t9-/m1/s1. The predicted molar refractivity (Wildman–Crippen MR) is 51.0 cm³/mol. The van der Waals surface area contributed by atoms with E-state index in [4.69, 9.17) is 5.73 Å². The molecule has 0 fully saturated rings. The molecule has 0 aliphatic heterocycles. The second kappa shape index (κ2) is 6.35. The number of hydrogen-bond donors (Lipinski definition) is 1. The molecule has 0 radical (unpaired) electrons. The van der Waals surface area contributed by atoms with E-state index < -0.39 is 0 Å². The Morgan fingerprint density at radius 2 is 2.09 bits per heavy atom. The zero-order valence-electron chi connectivity index (χ0n) is 7.88. The van der Waals surface area contributed by atoms with E-state index in [1.54, 1.807) is 0 Å². The first kappa shape index (κ1) is 10.6. The van der Waals surface area contributed by atoms with Gasteiger partial charge in [0.05, 0.1) is 0 Å². The molecule has 11 heavy (non-hydrogen) atoms. The Morgan fingerprint density at radius 1 is 1.45 bits per heavy atom. The van der Waals surface area contributed by atoms with Crippen molar-refractivity contribution in [2.75, 3.05) is 13.6 Å². The minimum atomic E-state index is 0.624. The van der Waals surface area contributed by atoms with Gasteiger partial charge in [0.2, 0.25) is 0 Å². The largest absolute Gasteiger partial charge is 0.330 e. The second-order valence-electron chi connectivity index (χ2n) is 3.41. The molecule has 2 heteroatoms. The molecule has 0 spiro atoms. The lowest BCUT2D eigenvalue weighted by atomic mass is 9.95. The van der Waals surface area contributed by atoms with Crippen LogP contribution in [0, 0.1) is 11.8 Å². The molecule has 0 aromatic heterocycles. The topological polar surface area (TPSA) is 38.4 Å². The summed E-state index contributed by atoms with van der Waals surface area (Å²) in [6, 6.07) is 0. The number of hydrogen-bond acceptors (Lipinski definition) is 2. The lowest BCUT2D eigenvalue weighted by Crippen LogP contribution is -2.16. The molecule has 0 saturated heterocycles. The van der Waals surface area contributed by atoms with Gasteiger partial charge in [-0.1, -0.05) is 13.8 Å². The summed E-state index contributed by atoms with van der Waals surface area (Å²) in [7, 11) is 1.81. The van der Waals surface area contributed by atoms with Gasteiger partial charge in [0.1, 0.15) is 0 Å². The minimum Gasteiger partial charge on any atom is -0.330 e. The molecule has 0 amide bonds. The highest BCUT2D eigenvalue weighted by Gasteiger charge is 2.06. The Morgan fingerprint density at radius 3 is 2.45 bits per heavy atom. The van der Waals surface area contributed by atoms with Gasteiger partial charge in [-0.15, -0.1) is 0 Å². The molecule has 0 aromatic carbocycles. The summed E-state index contributed by atoms with van der Waals surface area (Å²) in [5.41, 5.74) is 5.60. The van der Waals surface area contributed by atoms with Crippen molar-refractivity contribution in [3.63, 3.8) is 0 Å². The average Bonchev–Trinajstić information content (AvgIpc) is 1.97. The Bertz CT molecular complexity index is 108. The third kappa shape index (κ3) is 6.05. The smallest absolute Gasteiger partial charge is 0.0273 e. The molecule has 0 aromatic rings. The summed E-state index contributed by atoms with van der Waals surface area (Å²) in [4.78, 5) is 3.95. The summed E-state index contributed by atoms with van der Waals surface area (Å²) in [6.45, 7) is 5.24. The van der Waals surface area contributed by atoms with Crippen molar-refractivity contribution < 1.29 is 0 Å². The van der Waals surface area contributed by atoms with Crippen LogP contribution in [0.1, 0.15) is 26.7 Å². The highest BCUT2D eigenvalue weighted by Crippen LogP contribution is 2.12. The summed E-state index contributed by atoms with van der Waals surface area (Å²) >= 11 is 0. The number of aliphatic imine (C=N–C) groups is 1. The predicted octanol–water partition coefficient (Wildman–Crippen LogP) is 1.70. The van der Waals surface area contributed by atoms with Crippen LogP contribution in [0.15, 0.2) is 4.99 Å². The van der Waals surface area contributed by atoms with Gasteiger partial charge in [-0.25, -0.2) is 0 Å². The fraction of sp³-hybridized carbons (Fsp3) is 0.889. The quantitative estimate of drug-likeness (QED) is 0.604. The maximum Gasteiger partial charge on any atom is 0.0273 e. The Kier molecular flexibility index (Phi) is 6.13. The molecular weight excluding hydrogens is 136 g/mol. The Balaban J connectivity index is 3.57. The third-order valence-electron chi connectivity index (χ3n) is 1.76. The van der Waals surface area contributed by atoms with Gasteiger partial charge in [-0.3, -0.25) is 0 Å². The molecule has 0 unspecified atom stereocenters. The number of rotatable bonds is 5. The maximum absolute atomic E-state index is 5.60. The van der Waals surface area contributed by atoms with Crippen LogP contribution in [-0.4, -0.2) is 19.8 Å². The van der Waals surface area contributed by atoms with E-state index in [1.807, 2.05) is 13.3 Å². The average molecular weight is 156 g/mol. The summed E-state index contributed by atoms with van der Waals surface area (Å²) < 4.78 is 0. The van der Waals surface area contributed by atoms with Gasteiger partial charge in [-0.05, 0) is 37.4 Å². The van der Waals surface area contributed by atoms with Crippen molar-refractivity contribution in [2.24, 2.45) is 22.6 Å². The van der Waals surface area contributed by atoms with Gasteiger partial charge in [-0.2, -0.15) is 0 Å².